The SMILES string of the molecule is CN1CCCC1CO.COc1nc(N2CC3CCC(C2)N3)c2cnc(-c3cc(O)cc4ccc(F)c(F)c34)c(F)c2n1. The lowest BCUT2D eigenvalue weighted by Crippen LogP contribution is -2.51. The Morgan fingerprint density at radius 2 is 1.81 bits per heavy atom. The summed E-state index contributed by atoms with van der Waals surface area (Å²) in [4.78, 5) is 17.2. The Morgan fingerprint density at radius 3 is 2.45 bits per heavy atom. The highest BCUT2D eigenvalue weighted by atomic mass is 19.2. The van der Waals surface area contributed by atoms with Crippen molar-refractivity contribution in [1.29, 1.82) is 0 Å². The largest absolute Gasteiger partial charge is 0.508 e. The van der Waals surface area contributed by atoms with Gasteiger partial charge in [-0.3, -0.25) is 4.98 Å². The number of pyridine rings is 1. The van der Waals surface area contributed by atoms with E-state index in [0.717, 1.165) is 31.5 Å². The molecule has 3 unspecified atom stereocenters. The van der Waals surface area contributed by atoms with E-state index in [4.69, 9.17) is 9.84 Å². The number of benzene rings is 2. The summed E-state index contributed by atoms with van der Waals surface area (Å²) in [5, 5.41) is 22.8. The first kappa shape index (κ1) is 28.4. The highest BCUT2D eigenvalue weighted by Crippen LogP contribution is 2.38. The van der Waals surface area contributed by atoms with E-state index < -0.39 is 17.5 Å². The number of anilines is 1. The number of methoxy groups -OCH3 is 1. The lowest BCUT2D eigenvalue weighted by atomic mass is 9.99. The van der Waals surface area contributed by atoms with Gasteiger partial charge in [-0.25, -0.2) is 13.2 Å². The molecule has 3 saturated heterocycles. The predicted molar refractivity (Wildman–Crippen MR) is 153 cm³/mol. The Kier molecular flexibility index (Phi) is 7.77. The molecule has 4 aromatic rings. The second-order valence-corrected chi connectivity index (χ2v) is 11.2. The first-order chi connectivity index (χ1) is 20.3. The van der Waals surface area contributed by atoms with Gasteiger partial charge in [-0.15, -0.1) is 0 Å². The van der Waals surface area contributed by atoms with Crippen molar-refractivity contribution < 1.29 is 28.1 Å². The van der Waals surface area contributed by atoms with Crippen molar-refractivity contribution in [2.45, 2.75) is 43.8 Å². The van der Waals surface area contributed by atoms with Gasteiger partial charge in [0, 0.05) is 48.4 Å². The van der Waals surface area contributed by atoms with Crippen molar-refractivity contribution in [1.82, 2.24) is 25.2 Å². The molecule has 5 heterocycles. The summed E-state index contributed by atoms with van der Waals surface area (Å²) < 4.78 is 50.0. The predicted octanol–water partition coefficient (Wildman–Crippen LogP) is 3.99. The van der Waals surface area contributed by atoms with Crippen LogP contribution in [0.3, 0.4) is 0 Å². The number of ether oxygens (including phenoxy) is 1. The maximum atomic E-state index is 15.9. The lowest BCUT2D eigenvalue weighted by molar-refractivity contribution is 0.182. The molecule has 0 aliphatic carbocycles. The van der Waals surface area contributed by atoms with E-state index in [9.17, 15) is 13.9 Å². The van der Waals surface area contributed by atoms with E-state index >= 15 is 4.39 Å². The zero-order chi connectivity index (χ0) is 29.5. The Balaban J connectivity index is 0.000000343. The topological polar surface area (TPSA) is 107 Å². The maximum Gasteiger partial charge on any atom is 0.318 e. The zero-order valence-corrected chi connectivity index (χ0v) is 23.4. The molecule has 0 amide bonds. The molecule has 0 spiro atoms. The number of phenolic OH excluding ortho intramolecular Hbond substituents is 1. The monoisotopic (exact) mass is 582 g/mol. The van der Waals surface area contributed by atoms with Gasteiger partial charge < -0.3 is 30.1 Å². The lowest BCUT2D eigenvalue weighted by Gasteiger charge is -2.34. The zero-order valence-electron chi connectivity index (χ0n) is 23.4. The van der Waals surface area contributed by atoms with Crippen LogP contribution in [0, 0.1) is 17.5 Å². The van der Waals surface area contributed by atoms with Crippen LogP contribution in [-0.4, -0.2) is 88.6 Å². The number of nitrogens with one attached hydrogen (secondary N) is 1. The average molecular weight is 583 g/mol. The molecule has 222 valence electrons. The van der Waals surface area contributed by atoms with Gasteiger partial charge in [-0.05, 0) is 62.9 Å². The molecule has 3 fully saturated rings. The molecule has 0 radical (unpaired) electrons. The number of hydrogen-bond donors (Lipinski definition) is 3. The summed E-state index contributed by atoms with van der Waals surface area (Å²) in [6.45, 7) is 2.90. The van der Waals surface area contributed by atoms with Crippen LogP contribution in [0.1, 0.15) is 25.7 Å². The van der Waals surface area contributed by atoms with Crippen LogP contribution < -0.4 is 15.0 Å². The number of aromatic nitrogens is 3. The van der Waals surface area contributed by atoms with Crippen molar-refractivity contribution in [3.8, 4) is 23.0 Å². The van der Waals surface area contributed by atoms with Crippen LogP contribution in [-0.2, 0) is 0 Å². The summed E-state index contributed by atoms with van der Waals surface area (Å²) >= 11 is 0. The molecular formula is C30H33F3N6O3. The molecule has 3 atom stereocenters. The number of aromatic hydroxyl groups is 1. The molecule has 12 heteroatoms. The number of piperazine rings is 1. The van der Waals surface area contributed by atoms with Gasteiger partial charge in [-0.2, -0.15) is 9.97 Å². The van der Waals surface area contributed by atoms with Crippen LogP contribution in [0.15, 0.2) is 30.5 Å². The molecule has 2 aromatic heterocycles. The fourth-order valence-corrected chi connectivity index (χ4v) is 6.29. The van der Waals surface area contributed by atoms with Gasteiger partial charge in [0.25, 0.3) is 0 Å². The van der Waals surface area contributed by atoms with E-state index in [-0.39, 0.29) is 39.3 Å². The quantitative estimate of drug-likeness (QED) is 0.329. The van der Waals surface area contributed by atoms with Crippen molar-refractivity contribution in [3.63, 3.8) is 0 Å². The van der Waals surface area contributed by atoms with Crippen molar-refractivity contribution >= 4 is 27.5 Å². The standard InChI is InChI=1S/C24H20F3N5O2.C6H13NO/c1-34-24-30-22-16(23(31-24)32-9-12-3-4-13(10-32)29-12)8-28-21(20(22)27)15-7-14(33)6-11-2-5-17(25)19(26)18(11)15;1-7-4-2-3-6(7)5-8/h2,5-8,12-13,29,33H,3-4,9-10H2,1H3;6,8H,2-5H2,1H3. The van der Waals surface area contributed by atoms with Crippen LogP contribution in [0.4, 0.5) is 19.0 Å². The van der Waals surface area contributed by atoms with E-state index in [0.29, 0.717) is 49.0 Å². The van der Waals surface area contributed by atoms with E-state index in [1.165, 1.54) is 38.3 Å². The minimum absolute atomic E-state index is 0.0116. The molecule has 3 aliphatic rings. The van der Waals surface area contributed by atoms with Gasteiger partial charge in [0.05, 0.1) is 19.1 Å². The molecule has 9 nitrogen and oxygen atoms in total. The maximum absolute atomic E-state index is 15.9. The van der Waals surface area contributed by atoms with Crippen LogP contribution in [0.5, 0.6) is 11.8 Å². The minimum Gasteiger partial charge on any atom is -0.508 e. The minimum atomic E-state index is -1.15. The van der Waals surface area contributed by atoms with Crippen LogP contribution >= 0.6 is 0 Å². The number of likely N-dealkylation sites (tertiary alicyclic amines) is 1. The molecule has 2 aromatic carbocycles. The summed E-state index contributed by atoms with van der Waals surface area (Å²) in [5.74, 6) is -2.79. The number of phenols is 1. The number of aliphatic hydroxyl groups excluding tert-OH is 1. The highest BCUT2D eigenvalue weighted by Gasteiger charge is 2.34. The fourth-order valence-electron chi connectivity index (χ4n) is 6.29. The average Bonchev–Trinajstić information content (AvgIpc) is 3.57. The molecule has 42 heavy (non-hydrogen) atoms. The first-order valence-corrected chi connectivity index (χ1v) is 14.1. The Labute approximate surface area is 241 Å². The number of nitrogens with zero attached hydrogens (tertiary/aromatic N) is 5. The third kappa shape index (κ3) is 5.18. The number of aliphatic hydroxyl groups is 1. The third-order valence-corrected chi connectivity index (χ3v) is 8.47. The summed E-state index contributed by atoms with van der Waals surface area (Å²) in [6, 6.07) is 5.80. The Hall–Kier alpha value is -3.74. The molecule has 3 aliphatic heterocycles. The molecule has 2 bridgehead atoms. The van der Waals surface area contributed by atoms with Crippen LogP contribution in [0.2, 0.25) is 0 Å². The van der Waals surface area contributed by atoms with E-state index in [1.807, 2.05) is 0 Å². The second kappa shape index (κ2) is 11.5. The second-order valence-electron chi connectivity index (χ2n) is 11.2. The summed E-state index contributed by atoms with van der Waals surface area (Å²) in [6.07, 6.45) is 5.98. The van der Waals surface area contributed by atoms with E-state index in [2.05, 4.69) is 37.1 Å². The number of hydrogen-bond acceptors (Lipinski definition) is 9. The number of halogens is 3. The van der Waals surface area contributed by atoms with Gasteiger partial charge in [0.2, 0.25) is 0 Å². The Morgan fingerprint density at radius 1 is 1.05 bits per heavy atom. The first-order valence-electron chi connectivity index (χ1n) is 14.1. The highest BCUT2D eigenvalue weighted by molar-refractivity contribution is 6.00. The molecule has 3 N–H and O–H groups in total. The molecule has 0 saturated carbocycles. The van der Waals surface area contributed by atoms with Crippen LogP contribution in [0.25, 0.3) is 32.9 Å². The number of fused-ring (bicyclic) bond motifs is 4. The number of rotatable bonds is 4. The molecule has 7 rings (SSSR count). The summed E-state index contributed by atoms with van der Waals surface area (Å²) in [5.41, 5.74) is -0.387. The Bertz CT molecular complexity index is 1630. The third-order valence-electron chi connectivity index (χ3n) is 8.47. The van der Waals surface area contributed by atoms with Gasteiger partial charge in [-0.1, -0.05) is 6.07 Å². The van der Waals surface area contributed by atoms with Gasteiger partial charge in [0.15, 0.2) is 17.5 Å². The smallest absolute Gasteiger partial charge is 0.318 e. The number of likely N-dealkylation sites (N-methyl/N-ethyl adjacent to an activating group) is 1. The normalized spacial score (nSPS) is 22.0. The van der Waals surface area contributed by atoms with E-state index in [1.54, 1.807) is 0 Å². The van der Waals surface area contributed by atoms with Gasteiger partial charge in [0.1, 0.15) is 22.8 Å². The fraction of sp³-hybridized carbons (Fsp3) is 0.433. The summed E-state index contributed by atoms with van der Waals surface area (Å²) in [7, 11) is 3.46. The molecular weight excluding hydrogens is 549 g/mol. The van der Waals surface area contributed by atoms with Crippen molar-refractivity contribution in [3.05, 3.63) is 47.9 Å². The van der Waals surface area contributed by atoms with Crippen molar-refractivity contribution in [2.75, 3.05) is 45.3 Å². The van der Waals surface area contributed by atoms with Crippen molar-refractivity contribution in [2.24, 2.45) is 0 Å². The van der Waals surface area contributed by atoms with Gasteiger partial charge >= 0.3 is 6.01 Å².